The SMILES string of the molecule is CC(=O)CC(C)CC(=O)C(C)C. The molecule has 1 atom stereocenters. The number of carbonyl (C=O) groups is 2. The molecule has 0 aliphatic rings. The van der Waals surface area contributed by atoms with Gasteiger partial charge in [-0.3, -0.25) is 4.79 Å². The van der Waals surface area contributed by atoms with E-state index in [2.05, 4.69) is 0 Å². The van der Waals surface area contributed by atoms with Gasteiger partial charge in [0, 0.05) is 18.8 Å². The molecule has 0 rings (SSSR count). The number of carbonyl (C=O) groups excluding carboxylic acids is 2. The number of hydrogen-bond donors (Lipinski definition) is 0. The number of Topliss-reactive ketones (excluding diaryl/α,β-unsaturated/α-hetero) is 2. The summed E-state index contributed by atoms with van der Waals surface area (Å²) < 4.78 is 0. The molecule has 2 nitrogen and oxygen atoms in total. The summed E-state index contributed by atoms with van der Waals surface area (Å²) in [5.74, 6) is 0.722. The lowest BCUT2D eigenvalue weighted by atomic mass is 9.94. The van der Waals surface area contributed by atoms with Crippen molar-refractivity contribution in [3.8, 4) is 0 Å². The van der Waals surface area contributed by atoms with Gasteiger partial charge >= 0.3 is 0 Å². The first-order valence-corrected chi connectivity index (χ1v) is 4.45. The third-order valence-electron chi connectivity index (χ3n) is 1.83. The van der Waals surface area contributed by atoms with Crippen molar-refractivity contribution in [3.05, 3.63) is 0 Å². The standard InChI is InChI=1S/C10H18O2/c1-7(2)10(12)6-8(3)5-9(4)11/h7-8H,5-6H2,1-4H3. The van der Waals surface area contributed by atoms with Gasteiger partial charge in [-0.1, -0.05) is 20.8 Å². The van der Waals surface area contributed by atoms with E-state index >= 15 is 0 Å². The highest BCUT2D eigenvalue weighted by molar-refractivity contribution is 5.81. The predicted molar refractivity (Wildman–Crippen MR) is 48.9 cm³/mol. The van der Waals surface area contributed by atoms with Crippen LogP contribution in [0.25, 0.3) is 0 Å². The van der Waals surface area contributed by atoms with Gasteiger partial charge in [-0.25, -0.2) is 0 Å². The quantitative estimate of drug-likeness (QED) is 0.634. The Morgan fingerprint density at radius 3 is 1.92 bits per heavy atom. The van der Waals surface area contributed by atoms with Crippen LogP contribution in [0.3, 0.4) is 0 Å². The van der Waals surface area contributed by atoms with E-state index in [-0.39, 0.29) is 23.4 Å². The van der Waals surface area contributed by atoms with E-state index in [9.17, 15) is 9.59 Å². The van der Waals surface area contributed by atoms with Crippen LogP contribution in [-0.4, -0.2) is 11.6 Å². The van der Waals surface area contributed by atoms with Crippen LogP contribution >= 0.6 is 0 Å². The summed E-state index contributed by atoms with van der Waals surface area (Å²) in [4.78, 5) is 21.9. The molecule has 0 heterocycles. The third-order valence-corrected chi connectivity index (χ3v) is 1.83. The van der Waals surface area contributed by atoms with E-state index in [0.29, 0.717) is 12.8 Å². The maximum absolute atomic E-state index is 11.2. The minimum Gasteiger partial charge on any atom is -0.300 e. The van der Waals surface area contributed by atoms with Crippen molar-refractivity contribution in [1.82, 2.24) is 0 Å². The third kappa shape index (κ3) is 5.05. The van der Waals surface area contributed by atoms with Gasteiger partial charge in [0.1, 0.15) is 11.6 Å². The Balaban J connectivity index is 3.76. The van der Waals surface area contributed by atoms with Crippen molar-refractivity contribution in [2.45, 2.75) is 40.5 Å². The van der Waals surface area contributed by atoms with Gasteiger partial charge in [-0.2, -0.15) is 0 Å². The van der Waals surface area contributed by atoms with E-state index < -0.39 is 0 Å². The van der Waals surface area contributed by atoms with Crippen LogP contribution in [0.1, 0.15) is 40.5 Å². The molecule has 0 aromatic heterocycles. The Bertz CT molecular complexity index is 171. The second-order valence-corrected chi connectivity index (χ2v) is 3.84. The van der Waals surface area contributed by atoms with Gasteiger partial charge in [0.2, 0.25) is 0 Å². The maximum Gasteiger partial charge on any atom is 0.135 e. The topological polar surface area (TPSA) is 34.1 Å². The zero-order chi connectivity index (χ0) is 9.72. The van der Waals surface area contributed by atoms with Gasteiger partial charge in [0.05, 0.1) is 0 Å². The number of rotatable bonds is 5. The highest BCUT2D eigenvalue weighted by atomic mass is 16.1. The van der Waals surface area contributed by atoms with Gasteiger partial charge in [-0.15, -0.1) is 0 Å². The first-order chi connectivity index (χ1) is 5.43. The molecule has 0 N–H and O–H groups in total. The molecule has 0 radical (unpaired) electrons. The molecule has 0 aliphatic heterocycles. The summed E-state index contributed by atoms with van der Waals surface area (Å²) in [6.07, 6.45) is 1.07. The molecular formula is C10H18O2. The van der Waals surface area contributed by atoms with Crippen molar-refractivity contribution in [2.75, 3.05) is 0 Å². The minimum absolute atomic E-state index is 0.0967. The lowest BCUT2D eigenvalue weighted by Crippen LogP contribution is -2.13. The van der Waals surface area contributed by atoms with Gasteiger partial charge in [-0.05, 0) is 12.8 Å². The van der Waals surface area contributed by atoms with Gasteiger partial charge in [0.25, 0.3) is 0 Å². The molecule has 1 unspecified atom stereocenters. The zero-order valence-electron chi connectivity index (χ0n) is 8.39. The molecule has 0 aliphatic carbocycles. The fourth-order valence-corrected chi connectivity index (χ4v) is 1.14. The molecular weight excluding hydrogens is 152 g/mol. The molecule has 0 spiro atoms. The maximum atomic E-state index is 11.2. The van der Waals surface area contributed by atoms with Gasteiger partial charge < -0.3 is 4.79 Å². The summed E-state index contributed by atoms with van der Waals surface area (Å²) in [7, 11) is 0. The fraction of sp³-hybridized carbons (Fsp3) is 0.800. The average molecular weight is 170 g/mol. The highest BCUT2D eigenvalue weighted by Gasteiger charge is 2.13. The Labute approximate surface area is 74.3 Å². The van der Waals surface area contributed by atoms with Crippen LogP contribution in [-0.2, 0) is 9.59 Å². The second kappa shape index (κ2) is 5.07. The molecule has 0 aromatic carbocycles. The molecule has 0 saturated heterocycles. The van der Waals surface area contributed by atoms with Crippen molar-refractivity contribution < 1.29 is 9.59 Å². The smallest absolute Gasteiger partial charge is 0.135 e. The van der Waals surface area contributed by atoms with E-state index in [1.165, 1.54) is 0 Å². The summed E-state index contributed by atoms with van der Waals surface area (Å²) in [6, 6.07) is 0. The van der Waals surface area contributed by atoms with Crippen LogP contribution in [0.15, 0.2) is 0 Å². The normalized spacial score (nSPS) is 13.1. The Morgan fingerprint density at radius 1 is 1.08 bits per heavy atom. The van der Waals surface area contributed by atoms with Crippen molar-refractivity contribution in [3.63, 3.8) is 0 Å². The lowest BCUT2D eigenvalue weighted by Gasteiger charge is -2.09. The predicted octanol–water partition coefficient (Wildman–Crippen LogP) is 2.22. The first kappa shape index (κ1) is 11.3. The monoisotopic (exact) mass is 170 g/mol. The first-order valence-electron chi connectivity index (χ1n) is 4.45. The molecule has 12 heavy (non-hydrogen) atoms. The Morgan fingerprint density at radius 2 is 1.58 bits per heavy atom. The van der Waals surface area contributed by atoms with Crippen LogP contribution in [0.4, 0.5) is 0 Å². The van der Waals surface area contributed by atoms with Crippen molar-refractivity contribution in [2.24, 2.45) is 11.8 Å². The van der Waals surface area contributed by atoms with Crippen LogP contribution in [0, 0.1) is 11.8 Å². The van der Waals surface area contributed by atoms with E-state index in [1.807, 2.05) is 20.8 Å². The molecule has 0 fully saturated rings. The second-order valence-electron chi connectivity index (χ2n) is 3.84. The van der Waals surface area contributed by atoms with Crippen molar-refractivity contribution >= 4 is 11.6 Å². The largest absolute Gasteiger partial charge is 0.300 e. The average Bonchev–Trinajstić information content (AvgIpc) is 1.84. The molecule has 0 aromatic rings. The van der Waals surface area contributed by atoms with Gasteiger partial charge in [0.15, 0.2) is 0 Å². The molecule has 70 valence electrons. The molecule has 0 amide bonds. The highest BCUT2D eigenvalue weighted by Crippen LogP contribution is 2.11. The van der Waals surface area contributed by atoms with E-state index in [0.717, 1.165) is 0 Å². The Hall–Kier alpha value is -0.660. The molecule has 2 heteroatoms. The molecule has 0 saturated carbocycles. The number of hydrogen-bond acceptors (Lipinski definition) is 2. The van der Waals surface area contributed by atoms with Crippen LogP contribution in [0.2, 0.25) is 0 Å². The minimum atomic E-state index is 0.0967. The Kier molecular flexibility index (Phi) is 4.79. The summed E-state index contributed by atoms with van der Waals surface area (Å²) in [6.45, 7) is 7.30. The lowest BCUT2D eigenvalue weighted by molar-refractivity contribution is -0.123. The van der Waals surface area contributed by atoms with E-state index in [1.54, 1.807) is 6.92 Å². The zero-order valence-corrected chi connectivity index (χ0v) is 8.39. The summed E-state index contributed by atoms with van der Waals surface area (Å²) in [5.41, 5.74) is 0. The summed E-state index contributed by atoms with van der Waals surface area (Å²) >= 11 is 0. The fourth-order valence-electron chi connectivity index (χ4n) is 1.14. The van der Waals surface area contributed by atoms with Crippen LogP contribution < -0.4 is 0 Å². The van der Waals surface area contributed by atoms with E-state index in [4.69, 9.17) is 0 Å². The molecule has 0 bridgehead atoms. The number of ketones is 2. The van der Waals surface area contributed by atoms with Crippen molar-refractivity contribution in [1.29, 1.82) is 0 Å². The summed E-state index contributed by atoms with van der Waals surface area (Å²) in [5, 5.41) is 0. The van der Waals surface area contributed by atoms with Crippen LogP contribution in [0.5, 0.6) is 0 Å².